The van der Waals surface area contributed by atoms with Crippen LogP contribution in [0.25, 0.3) is 0 Å². The van der Waals surface area contributed by atoms with Crippen LogP contribution in [0, 0.1) is 17.8 Å². The average molecular weight is 523 g/mol. The molecule has 0 bridgehead atoms. The Morgan fingerprint density at radius 2 is 1.25 bits per heavy atom. The number of hydrogen-bond acceptors (Lipinski definition) is 3. The Balaban J connectivity index is 1.15. The Hall–Kier alpha value is -2.34. The lowest BCUT2D eigenvalue weighted by Gasteiger charge is -2.38. The molecular weight excluding hydrogens is 489 g/mol. The minimum absolute atomic E-state index is 0.150. The molecule has 2 fully saturated rings. The summed E-state index contributed by atoms with van der Waals surface area (Å²) in [7, 11) is 0. The fourth-order valence-corrected chi connectivity index (χ4v) is 5.79. The summed E-state index contributed by atoms with van der Waals surface area (Å²) in [5.41, 5.74) is 2.57. The summed E-state index contributed by atoms with van der Waals surface area (Å²) in [6, 6.07) is 14.2. The molecule has 2 aromatic carbocycles. The van der Waals surface area contributed by atoms with E-state index in [0.717, 1.165) is 48.3 Å². The lowest BCUT2D eigenvalue weighted by atomic mass is 9.68. The number of benzene rings is 2. The summed E-state index contributed by atoms with van der Waals surface area (Å²) in [5, 5.41) is 0. The van der Waals surface area contributed by atoms with Gasteiger partial charge in [0.1, 0.15) is 23.9 Å². The zero-order valence-corrected chi connectivity index (χ0v) is 21.1. The highest BCUT2D eigenvalue weighted by Crippen LogP contribution is 2.44. The van der Waals surface area contributed by atoms with Crippen LogP contribution in [0.1, 0.15) is 62.8 Å². The van der Waals surface area contributed by atoms with Gasteiger partial charge in [0.2, 0.25) is 0 Å². The normalized spacial score (nSPS) is 25.0. The van der Waals surface area contributed by atoms with Crippen LogP contribution < -0.4 is 14.2 Å². The van der Waals surface area contributed by atoms with Crippen molar-refractivity contribution in [1.29, 1.82) is 0 Å². The maximum Gasteiger partial charge on any atom is 0.573 e. The summed E-state index contributed by atoms with van der Waals surface area (Å²) in [6.45, 7) is 1.20. The van der Waals surface area contributed by atoms with Gasteiger partial charge in [0.05, 0.1) is 6.61 Å². The first-order valence-electron chi connectivity index (χ1n) is 12.9. The quantitative estimate of drug-likeness (QED) is 0.329. The Kier molecular flexibility index (Phi) is 9.47. The van der Waals surface area contributed by atoms with Crippen molar-refractivity contribution in [3.63, 3.8) is 0 Å². The van der Waals surface area contributed by atoms with Gasteiger partial charge in [0.15, 0.2) is 0 Å². The van der Waals surface area contributed by atoms with Gasteiger partial charge in [-0.3, -0.25) is 0 Å². The lowest BCUT2D eigenvalue weighted by Crippen LogP contribution is -2.27. The van der Waals surface area contributed by atoms with Gasteiger partial charge in [-0.1, -0.05) is 23.7 Å². The minimum Gasteiger partial charge on any atom is -0.493 e. The predicted molar refractivity (Wildman–Crippen MR) is 136 cm³/mol. The van der Waals surface area contributed by atoms with Crippen LogP contribution in [-0.4, -0.2) is 19.6 Å². The third-order valence-corrected chi connectivity index (χ3v) is 7.84. The summed E-state index contributed by atoms with van der Waals surface area (Å²) in [6.07, 6.45) is 6.64. The molecule has 0 amide bonds. The van der Waals surface area contributed by atoms with Crippen molar-refractivity contribution in [2.75, 3.05) is 13.2 Å². The van der Waals surface area contributed by atoms with Gasteiger partial charge >= 0.3 is 6.36 Å². The maximum absolute atomic E-state index is 12.4. The van der Waals surface area contributed by atoms with E-state index in [1.807, 2.05) is 24.3 Å². The molecule has 0 heterocycles. The monoisotopic (exact) mass is 522 g/mol. The van der Waals surface area contributed by atoms with E-state index in [1.165, 1.54) is 56.2 Å². The van der Waals surface area contributed by atoms with Gasteiger partial charge in [-0.25, -0.2) is 0 Å². The number of ether oxygens (including phenoxy) is 3. The first-order chi connectivity index (χ1) is 17.4. The van der Waals surface area contributed by atoms with Crippen LogP contribution in [0.3, 0.4) is 0 Å². The summed E-state index contributed by atoms with van der Waals surface area (Å²) < 4.78 is 52.7. The van der Waals surface area contributed by atoms with Crippen LogP contribution >= 0.6 is 11.6 Å². The molecule has 3 nitrogen and oxygen atoms in total. The molecule has 36 heavy (non-hydrogen) atoms. The van der Waals surface area contributed by atoms with E-state index in [4.69, 9.17) is 21.1 Å². The minimum atomic E-state index is -4.64. The molecule has 0 atom stereocenters. The van der Waals surface area contributed by atoms with E-state index in [0.29, 0.717) is 18.4 Å². The molecule has 0 saturated heterocycles. The maximum atomic E-state index is 12.4. The van der Waals surface area contributed by atoms with Gasteiger partial charge in [-0.15, -0.1) is 13.2 Å². The van der Waals surface area contributed by atoms with Crippen LogP contribution in [0.15, 0.2) is 60.1 Å². The molecule has 0 spiro atoms. The Morgan fingerprint density at radius 1 is 0.722 bits per heavy atom. The Bertz CT molecular complexity index is 943. The van der Waals surface area contributed by atoms with E-state index in [2.05, 4.69) is 4.74 Å². The van der Waals surface area contributed by atoms with Crippen molar-refractivity contribution in [3.8, 4) is 17.2 Å². The van der Waals surface area contributed by atoms with E-state index in [9.17, 15) is 13.2 Å². The topological polar surface area (TPSA) is 27.7 Å². The van der Waals surface area contributed by atoms with Crippen molar-refractivity contribution in [3.05, 3.63) is 65.7 Å². The smallest absolute Gasteiger partial charge is 0.493 e. The van der Waals surface area contributed by atoms with Crippen LogP contribution in [0.2, 0.25) is 0 Å². The number of halogens is 4. The Labute approximate surface area is 216 Å². The molecule has 2 aromatic rings. The van der Waals surface area contributed by atoms with Crippen molar-refractivity contribution in [2.24, 2.45) is 17.8 Å². The molecule has 2 aliphatic carbocycles. The lowest BCUT2D eigenvalue weighted by molar-refractivity contribution is -0.274. The molecule has 0 unspecified atom stereocenters. The van der Waals surface area contributed by atoms with Crippen molar-refractivity contribution in [2.45, 2.75) is 63.6 Å². The highest BCUT2D eigenvalue weighted by Gasteiger charge is 2.33. The molecule has 7 heteroatoms. The first-order valence-corrected chi connectivity index (χ1v) is 13.3. The number of alkyl halides is 3. The largest absolute Gasteiger partial charge is 0.573 e. The summed E-state index contributed by atoms with van der Waals surface area (Å²) in [4.78, 5) is 0. The van der Waals surface area contributed by atoms with E-state index < -0.39 is 6.36 Å². The predicted octanol–water partition coefficient (Wildman–Crippen LogP) is 8.88. The van der Waals surface area contributed by atoms with Gasteiger partial charge in [0.25, 0.3) is 0 Å². The molecule has 2 aliphatic rings. The zero-order valence-electron chi connectivity index (χ0n) is 20.4. The van der Waals surface area contributed by atoms with Crippen LogP contribution in [-0.2, 0) is 0 Å². The number of hydrogen-bond donors (Lipinski definition) is 0. The third kappa shape index (κ3) is 8.09. The van der Waals surface area contributed by atoms with Crippen LogP contribution in [0.4, 0.5) is 13.2 Å². The van der Waals surface area contributed by atoms with Crippen molar-refractivity contribution >= 4 is 11.6 Å². The molecule has 0 aromatic heterocycles. The van der Waals surface area contributed by atoms with Gasteiger partial charge < -0.3 is 14.2 Å². The third-order valence-electron chi connectivity index (χ3n) is 7.66. The molecular formula is C29H34ClF3O3. The summed E-state index contributed by atoms with van der Waals surface area (Å²) >= 11 is 5.50. The van der Waals surface area contributed by atoms with E-state index >= 15 is 0 Å². The second kappa shape index (κ2) is 12.8. The van der Waals surface area contributed by atoms with Gasteiger partial charge in [-0.2, -0.15) is 0 Å². The van der Waals surface area contributed by atoms with E-state index in [-0.39, 0.29) is 5.75 Å². The fourth-order valence-electron chi connectivity index (χ4n) is 5.72. The molecule has 2 saturated carbocycles. The standard InChI is InChI=1S/C29H34ClF3O3/c30-18-1-19-34-26-14-16-27(17-15-26)35-20-21-2-4-22(5-3-21)23-6-8-24(9-7-23)25-10-12-28(13-11-25)36-29(31,32)33/h1,10-18,21-24H,2-9,19-20H2/b18-1+. The average Bonchev–Trinajstić information content (AvgIpc) is 2.88. The molecule has 0 radical (unpaired) electrons. The van der Waals surface area contributed by atoms with Crippen molar-refractivity contribution < 1.29 is 27.4 Å². The second-order valence-corrected chi connectivity index (χ2v) is 10.2. The van der Waals surface area contributed by atoms with Gasteiger partial charge in [-0.05, 0) is 123 Å². The second-order valence-electron chi connectivity index (χ2n) is 9.96. The molecule has 0 N–H and O–H groups in total. The van der Waals surface area contributed by atoms with Crippen LogP contribution in [0.5, 0.6) is 17.2 Å². The SMILES string of the molecule is FC(F)(F)Oc1ccc(C2CCC(C3CCC(COc4ccc(OC/C=C/Cl)cc4)CC3)CC2)cc1. The van der Waals surface area contributed by atoms with E-state index in [1.54, 1.807) is 18.2 Å². The Morgan fingerprint density at radius 3 is 1.81 bits per heavy atom. The first kappa shape index (κ1) is 26.7. The highest BCUT2D eigenvalue weighted by molar-refractivity contribution is 6.25. The molecule has 4 rings (SSSR count). The number of rotatable bonds is 9. The van der Waals surface area contributed by atoms with Crippen molar-refractivity contribution in [1.82, 2.24) is 0 Å². The molecule has 196 valence electrons. The molecule has 0 aliphatic heterocycles. The highest BCUT2D eigenvalue weighted by atomic mass is 35.5. The van der Waals surface area contributed by atoms with Gasteiger partial charge in [0, 0.05) is 5.54 Å². The summed E-state index contributed by atoms with van der Waals surface area (Å²) in [5.74, 6) is 4.08. The zero-order chi connectivity index (χ0) is 25.4. The fraction of sp³-hybridized carbons (Fsp3) is 0.517.